The van der Waals surface area contributed by atoms with E-state index in [-0.39, 0.29) is 11.1 Å². The van der Waals surface area contributed by atoms with Crippen LogP contribution in [0.15, 0.2) is 65.6 Å². The molecule has 0 bridgehead atoms. The number of hydrogen-bond acceptors (Lipinski definition) is 4. The maximum Gasteiger partial charge on any atom is 0.293 e. The molecular weight excluding hydrogens is 731 g/mol. The van der Waals surface area contributed by atoms with Gasteiger partial charge in [-0.25, -0.2) is 0 Å². The highest BCUT2D eigenvalue weighted by atomic mass is 127. The van der Waals surface area contributed by atoms with E-state index in [0.717, 1.165) is 48.6 Å². The molecule has 0 aliphatic carbocycles. The Morgan fingerprint density at radius 1 is 0.971 bits per heavy atom. The first-order valence-corrected chi connectivity index (χ1v) is 14.4. The topological polar surface area (TPSA) is 46.6 Å². The molecule has 1 fully saturated rings. The summed E-state index contributed by atoms with van der Waals surface area (Å²) in [6, 6.07) is 19.2. The van der Waals surface area contributed by atoms with Gasteiger partial charge in [0, 0.05) is 22.2 Å². The van der Waals surface area contributed by atoms with Gasteiger partial charge in [0.2, 0.25) is 0 Å². The molecule has 3 aromatic carbocycles. The molecule has 1 aliphatic rings. The second-order valence-electron chi connectivity index (χ2n) is 7.76. The fraction of sp³-hybridized carbons (Fsp3) is 0.154. The number of carbonyl (C=O) groups excluding carboxylic acids is 2. The van der Waals surface area contributed by atoms with Gasteiger partial charge >= 0.3 is 0 Å². The standard InChI is InChI=1S/C26H19Cl2I2NO3S/c27-19-9-8-18(20(28)14-19)15-34-24-21(29)11-17(12-22(24)30)13-23-25(32)31(26(33)35-23)10-4-7-16-5-2-1-3-6-16/h1-3,5-6,8-9,11-14H,4,7,10,15H2/b23-13+. The molecule has 9 heteroatoms. The molecule has 0 spiro atoms. The molecule has 35 heavy (non-hydrogen) atoms. The van der Waals surface area contributed by atoms with Crippen molar-refractivity contribution in [3.63, 3.8) is 0 Å². The van der Waals surface area contributed by atoms with Crippen LogP contribution >= 0.6 is 80.1 Å². The zero-order valence-corrected chi connectivity index (χ0v) is 24.9. The van der Waals surface area contributed by atoms with E-state index in [9.17, 15) is 9.59 Å². The molecule has 1 heterocycles. The van der Waals surface area contributed by atoms with Crippen molar-refractivity contribution in [3.05, 3.63) is 99.4 Å². The van der Waals surface area contributed by atoms with Gasteiger partial charge in [-0.2, -0.15) is 0 Å². The number of halogens is 4. The van der Waals surface area contributed by atoms with Crippen LogP contribution in [-0.4, -0.2) is 22.6 Å². The summed E-state index contributed by atoms with van der Waals surface area (Å²) in [5, 5.41) is 0.907. The van der Waals surface area contributed by atoms with E-state index in [4.69, 9.17) is 27.9 Å². The van der Waals surface area contributed by atoms with Gasteiger partial charge in [0.25, 0.3) is 11.1 Å². The molecule has 1 aliphatic heterocycles. The maximum atomic E-state index is 12.9. The third-order valence-electron chi connectivity index (χ3n) is 5.27. The van der Waals surface area contributed by atoms with E-state index >= 15 is 0 Å². The summed E-state index contributed by atoms with van der Waals surface area (Å²) >= 11 is 17.6. The summed E-state index contributed by atoms with van der Waals surface area (Å²) in [6.45, 7) is 0.717. The minimum atomic E-state index is -0.240. The highest BCUT2D eigenvalue weighted by Crippen LogP contribution is 2.35. The first kappa shape index (κ1) is 26.8. The van der Waals surface area contributed by atoms with Crippen LogP contribution < -0.4 is 4.74 Å². The highest BCUT2D eigenvalue weighted by Gasteiger charge is 2.34. The van der Waals surface area contributed by atoms with Gasteiger partial charge in [-0.15, -0.1) is 0 Å². The smallest absolute Gasteiger partial charge is 0.293 e. The number of amides is 2. The Bertz CT molecular complexity index is 1280. The normalized spacial score (nSPS) is 14.7. The van der Waals surface area contributed by atoms with E-state index in [1.165, 1.54) is 10.5 Å². The minimum Gasteiger partial charge on any atom is -0.487 e. The third kappa shape index (κ3) is 6.94. The number of rotatable bonds is 8. The molecule has 3 aromatic rings. The first-order chi connectivity index (χ1) is 16.8. The summed E-state index contributed by atoms with van der Waals surface area (Å²) in [5.74, 6) is 0.499. The number of aryl methyl sites for hydroxylation is 1. The molecule has 0 aromatic heterocycles. The second-order valence-corrected chi connectivity index (χ2v) is 11.9. The number of hydrogen-bond donors (Lipinski definition) is 0. The monoisotopic (exact) mass is 749 g/mol. The Labute approximate surface area is 245 Å². The molecule has 0 unspecified atom stereocenters. The Kier molecular flexibility index (Phi) is 9.42. The number of carbonyl (C=O) groups is 2. The average molecular weight is 750 g/mol. The minimum absolute atomic E-state index is 0.224. The van der Waals surface area contributed by atoms with E-state index in [1.807, 2.05) is 48.5 Å². The number of benzene rings is 3. The molecule has 4 nitrogen and oxygen atoms in total. The Morgan fingerprint density at radius 3 is 2.37 bits per heavy atom. The van der Waals surface area contributed by atoms with Crippen molar-refractivity contribution in [3.8, 4) is 5.75 Å². The van der Waals surface area contributed by atoms with Gasteiger partial charge in [-0.05, 0) is 111 Å². The third-order valence-corrected chi connectivity index (χ3v) is 8.37. The lowest BCUT2D eigenvalue weighted by Crippen LogP contribution is -2.29. The van der Waals surface area contributed by atoms with Crippen molar-refractivity contribution in [1.29, 1.82) is 0 Å². The van der Waals surface area contributed by atoms with Crippen molar-refractivity contribution in [2.45, 2.75) is 19.4 Å². The summed E-state index contributed by atoms with van der Waals surface area (Å²) in [4.78, 5) is 27.1. The lowest BCUT2D eigenvalue weighted by Gasteiger charge is -2.13. The fourth-order valence-electron chi connectivity index (χ4n) is 3.52. The SMILES string of the molecule is O=C1S/C(=C/c2cc(I)c(OCc3ccc(Cl)cc3Cl)c(I)c2)C(=O)N1CCCc1ccccc1. The zero-order valence-electron chi connectivity index (χ0n) is 18.3. The molecule has 180 valence electrons. The summed E-state index contributed by atoms with van der Waals surface area (Å²) in [7, 11) is 0. The average Bonchev–Trinajstić information content (AvgIpc) is 3.07. The quantitative estimate of drug-likeness (QED) is 0.171. The molecular formula is C26H19Cl2I2NO3S. The first-order valence-electron chi connectivity index (χ1n) is 10.7. The van der Waals surface area contributed by atoms with Crippen molar-refractivity contribution in [2.75, 3.05) is 6.54 Å². The van der Waals surface area contributed by atoms with Crippen molar-refractivity contribution >= 4 is 97.4 Å². The lowest BCUT2D eigenvalue weighted by atomic mass is 10.1. The van der Waals surface area contributed by atoms with Crippen LogP contribution in [0.2, 0.25) is 10.0 Å². The molecule has 2 amide bonds. The van der Waals surface area contributed by atoms with Gasteiger partial charge in [0.05, 0.1) is 12.0 Å². The van der Waals surface area contributed by atoms with E-state index in [2.05, 4.69) is 45.2 Å². The Morgan fingerprint density at radius 2 is 1.69 bits per heavy atom. The predicted molar refractivity (Wildman–Crippen MR) is 160 cm³/mol. The van der Waals surface area contributed by atoms with Crippen LogP contribution in [-0.2, 0) is 17.8 Å². The van der Waals surface area contributed by atoms with E-state index < -0.39 is 0 Å². The Hall–Kier alpha value is -1.27. The molecule has 0 atom stereocenters. The van der Waals surface area contributed by atoms with Crippen LogP contribution in [0.25, 0.3) is 6.08 Å². The van der Waals surface area contributed by atoms with E-state index in [0.29, 0.717) is 28.1 Å². The summed E-state index contributed by atoms with van der Waals surface area (Å²) < 4.78 is 7.83. The fourth-order valence-corrected chi connectivity index (χ4v) is 6.98. The number of thioether (sulfide) groups is 1. The van der Waals surface area contributed by atoms with Crippen LogP contribution in [0, 0.1) is 7.14 Å². The highest BCUT2D eigenvalue weighted by molar-refractivity contribution is 14.1. The predicted octanol–water partition coefficient (Wildman–Crippen LogP) is 8.45. The van der Waals surface area contributed by atoms with Gasteiger partial charge in [0.15, 0.2) is 0 Å². The van der Waals surface area contributed by atoms with Crippen molar-refractivity contribution in [2.24, 2.45) is 0 Å². The molecule has 4 rings (SSSR count). The largest absolute Gasteiger partial charge is 0.487 e. The summed E-state index contributed by atoms with van der Waals surface area (Å²) in [6.07, 6.45) is 3.32. The molecule has 0 N–H and O–H groups in total. The van der Waals surface area contributed by atoms with Crippen LogP contribution in [0.3, 0.4) is 0 Å². The number of ether oxygens (including phenoxy) is 1. The van der Waals surface area contributed by atoms with Gasteiger partial charge in [-0.1, -0.05) is 59.6 Å². The van der Waals surface area contributed by atoms with E-state index in [1.54, 1.807) is 18.2 Å². The Balaban J connectivity index is 1.42. The molecule has 0 radical (unpaired) electrons. The maximum absolute atomic E-state index is 12.9. The van der Waals surface area contributed by atoms with Gasteiger partial charge in [0.1, 0.15) is 12.4 Å². The van der Waals surface area contributed by atoms with Gasteiger partial charge in [-0.3, -0.25) is 14.5 Å². The summed E-state index contributed by atoms with van der Waals surface area (Å²) in [5.41, 5.74) is 2.87. The van der Waals surface area contributed by atoms with Crippen LogP contribution in [0.5, 0.6) is 5.75 Å². The number of imide groups is 1. The van der Waals surface area contributed by atoms with Crippen molar-refractivity contribution in [1.82, 2.24) is 4.90 Å². The lowest BCUT2D eigenvalue weighted by molar-refractivity contribution is -0.122. The number of nitrogens with zero attached hydrogens (tertiary/aromatic N) is 1. The second kappa shape index (κ2) is 12.3. The molecule has 0 saturated carbocycles. The van der Waals surface area contributed by atoms with Crippen molar-refractivity contribution < 1.29 is 14.3 Å². The molecule has 1 saturated heterocycles. The zero-order chi connectivity index (χ0) is 24.9. The van der Waals surface area contributed by atoms with Crippen LogP contribution in [0.1, 0.15) is 23.1 Å². The van der Waals surface area contributed by atoms with Crippen LogP contribution in [0.4, 0.5) is 4.79 Å². The van der Waals surface area contributed by atoms with Gasteiger partial charge < -0.3 is 4.74 Å².